The van der Waals surface area contributed by atoms with Crippen molar-refractivity contribution in [2.45, 2.75) is 6.42 Å². The summed E-state index contributed by atoms with van der Waals surface area (Å²) in [6.07, 6.45) is 5.67. The summed E-state index contributed by atoms with van der Waals surface area (Å²) in [5, 5.41) is 3.55. The monoisotopic (exact) mass is 223 g/mol. The van der Waals surface area contributed by atoms with Crippen molar-refractivity contribution >= 4 is 24.0 Å². The molecule has 0 radical (unpaired) electrons. The van der Waals surface area contributed by atoms with Gasteiger partial charge in [-0.2, -0.15) is 0 Å². The van der Waals surface area contributed by atoms with Crippen LogP contribution in [0.25, 0.3) is 6.08 Å². The Labute approximate surface area is 94.9 Å². The van der Waals surface area contributed by atoms with Crippen molar-refractivity contribution < 1.29 is 4.79 Å². The van der Waals surface area contributed by atoms with Gasteiger partial charge in [0.25, 0.3) is 0 Å². The minimum atomic E-state index is 0.501. The molecular formula is C12H14ClNO. The van der Waals surface area contributed by atoms with Gasteiger partial charge in [-0.05, 0) is 31.6 Å². The summed E-state index contributed by atoms with van der Waals surface area (Å²) in [6, 6.07) is 5.44. The minimum absolute atomic E-state index is 0.501. The fourth-order valence-corrected chi connectivity index (χ4v) is 1.49. The molecule has 80 valence electrons. The molecule has 2 nitrogen and oxygen atoms in total. The lowest BCUT2D eigenvalue weighted by atomic mass is 10.1. The van der Waals surface area contributed by atoms with E-state index in [1.165, 1.54) is 0 Å². The van der Waals surface area contributed by atoms with E-state index >= 15 is 0 Å². The first kappa shape index (κ1) is 12.0. The van der Waals surface area contributed by atoms with Crippen LogP contribution in [0.4, 0.5) is 0 Å². The first-order valence-electron chi connectivity index (χ1n) is 4.84. The van der Waals surface area contributed by atoms with Crippen LogP contribution in [-0.2, 0) is 0 Å². The summed E-state index contributed by atoms with van der Waals surface area (Å²) < 4.78 is 0. The molecule has 1 aromatic carbocycles. The molecule has 0 unspecified atom stereocenters. The van der Waals surface area contributed by atoms with Gasteiger partial charge in [-0.1, -0.05) is 35.9 Å². The summed E-state index contributed by atoms with van der Waals surface area (Å²) in [5.41, 5.74) is 1.42. The van der Waals surface area contributed by atoms with Gasteiger partial charge < -0.3 is 5.32 Å². The van der Waals surface area contributed by atoms with Gasteiger partial charge in [-0.3, -0.25) is 4.79 Å². The summed E-state index contributed by atoms with van der Waals surface area (Å²) >= 11 is 5.89. The standard InChI is InChI=1S/C12H14ClNO/c1-14-8-3-2-5-10-6-4-7-12(13)11(10)9-15/h2,4-7,9,14H,3,8H2,1H3. The van der Waals surface area contributed by atoms with Gasteiger partial charge in [0.15, 0.2) is 6.29 Å². The molecule has 0 atom stereocenters. The Morgan fingerprint density at radius 1 is 1.47 bits per heavy atom. The molecule has 1 N–H and O–H groups in total. The Morgan fingerprint density at radius 2 is 2.27 bits per heavy atom. The molecule has 0 heterocycles. The van der Waals surface area contributed by atoms with Gasteiger partial charge in [-0.15, -0.1) is 0 Å². The Kier molecular flexibility index (Phi) is 5.08. The Bertz CT molecular complexity index is 361. The van der Waals surface area contributed by atoms with Crippen molar-refractivity contribution in [1.29, 1.82) is 0 Å². The number of benzene rings is 1. The van der Waals surface area contributed by atoms with Crippen LogP contribution in [0.2, 0.25) is 5.02 Å². The number of carbonyl (C=O) groups is 1. The quantitative estimate of drug-likeness (QED) is 0.615. The van der Waals surface area contributed by atoms with Gasteiger partial charge >= 0.3 is 0 Å². The second-order valence-corrected chi connectivity index (χ2v) is 3.56. The van der Waals surface area contributed by atoms with Crippen LogP contribution in [0.1, 0.15) is 22.3 Å². The van der Waals surface area contributed by atoms with E-state index in [2.05, 4.69) is 5.32 Å². The van der Waals surface area contributed by atoms with E-state index in [4.69, 9.17) is 11.6 Å². The molecule has 1 rings (SSSR count). The minimum Gasteiger partial charge on any atom is -0.319 e. The molecule has 0 aliphatic heterocycles. The van der Waals surface area contributed by atoms with Crippen LogP contribution in [-0.4, -0.2) is 19.9 Å². The first-order valence-corrected chi connectivity index (χ1v) is 5.22. The summed E-state index contributed by atoms with van der Waals surface area (Å²) in [4.78, 5) is 10.8. The largest absolute Gasteiger partial charge is 0.319 e. The van der Waals surface area contributed by atoms with Crippen molar-refractivity contribution in [1.82, 2.24) is 5.32 Å². The highest BCUT2D eigenvalue weighted by molar-refractivity contribution is 6.33. The summed E-state index contributed by atoms with van der Waals surface area (Å²) in [6.45, 7) is 0.924. The molecule has 1 aromatic rings. The SMILES string of the molecule is CNCCC=Cc1cccc(Cl)c1C=O. The normalized spacial score (nSPS) is 10.8. The Hall–Kier alpha value is -1.12. The highest BCUT2D eigenvalue weighted by Crippen LogP contribution is 2.19. The third-order valence-electron chi connectivity index (χ3n) is 2.06. The predicted molar refractivity (Wildman–Crippen MR) is 64.4 cm³/mol. The van der Waals surface area contributed by atoms with Gasteiger partial charge in [-0.25, -0.2) is 0 Å². The average molecular weight is 224 g/mol. The lowest BCUT2D eigenvalue weighted by Crippen LogP contribution is -2.05. The van der Waals surface area contributed by atoms with Gasteiger partial charge in [0, 0.05) is 5.56 Å². The van der Waals surface area contributed by atoms with E-state index in [1.807, 2.05) is 31.3 Å². The molecule has 0 fully saturated rings. The molecule has 0 saturated heterocycles. The van der Waals surface area contributed by atoms with E-state index in [0.717, 1.165) is 24.8 Å². The van der Waals surface area contributed by atoms with E-state index in [-0.39, 0.29) is 0 Å². The average Bonchev–Trinajstić information content (AvgIpc) is 2.24. The van der Waals surface area contributed by atoms with Gasteiger partial charge in [0.1, 0.15) is 0 Å². The van der Waals surface area contributed by atoms with E-state index in [0.29, 0.717) is 10.6 Å². The van der Waals surface area contributed by atoms with Crippen LogP contribution < -0.4 is 5.32 Å². The number of hydrogen-bond acceptors (Lipinski definition) is 2. The maximum Gasteiger partial charge on any atom is 0.152 e. The van der Waals surface area contributed by atoms with Crippen LogP contribution in [0.5, 0.6) is 0 Å². The molecule has 0 aliphatic carbocycles. The third-order valence-corrected chi connectivity index (χ3v) is 2.39. The van der Waals surface area contributed by atoms with Crippen LogP contribution >= 0.6 is 11.6 Å². The zero-order valence-corrected chi connectivity index (χ0v) is 9.42. The molecule has 15 heavy (non-hydrogen) atoms. The molecule has 0 saturated carbocycles. The van der Waals surface area contributed by atoms with E-state index in [9.17, 15) is 4.79 Å². The lowest BCUT2D eigenvalue weighted by Gasteiger charge is -2.00. The Morgan fingerprint density at radius 3 is 2.93 bits per heavy atom. The number of halogens is 1. The van der Waals surface area contributed by atoms with Crippen molar-refractivity contribution in [2.24, 2.45) is 0 Å². The molecule has 0 bridgehead atoms. The summed E-state index contributed by atoms with van der Waals surface area (Å²) in [7, 11) is 1.91. The number of aldehydes is 1. The van der Waals surface area contributed by atoms with Gasteiger partial charge in [0.05, 0.1) is 5.02 Å². The van der Waals surface area contributed by atoms with Crippen molar-refractivity contribution in [3.05, 3.63) is 40.4 Å². The maximum atomic E-state index is 10.8. The fraction of sp³-hybridized carbons (Fsp3) is 0.250. The fourth-order valence-electron chi connectivity index (χ4n) is 1.26. The topological polar surface area (TPSA) is 29.1 Å². The third kappa shape index (κ3) is 3.50. The van der Waals surface area contributed by atoms with E-state index < -0.39 is 0 Å². The lowest BCUT2D eigenvalue weighted by molar-refractivity contribution is 0.112. The van der Waals surface area contributed by atoms with Crippen molar-refractivity contribution in [3.63, 3.8) is 0 Å². The molecular weight excluding hydrogens is 210 g/mol. The van der Waals surface area contributed by atoms with Crippen molar-refractivity contribution in [2.75, 3.05) is 13.6 Å². The van der Waals surface area contributed by atoms with E-state index in [1.54, 1.807) is 6.07 Å². The number of carbonyl (C=O) groups excluding carboxylic acids is 1. The Balaban J connectivity index is 2.80. The molecule has 0 amide bonds. The number of rotatable bonds is 5. The number of nitrogens with one attached hydrogen (secondary N) is 1. The van der Waals surface area contributed by atoms with Gasteiger partial charge in [0.2, 0.25) is 0 Å². The predicted octanol–water partition coefficient (Wildman–Crippen LogP) is 2.78. The van der Waals surface area contributed by atoms with Crippen LogP contribution in [0, 0.1) is 0 Å². The highest BCUT2D eigenvalue weighted by atomic mass is 35.5. The smallest absolute Gasteiger partial charge is 0.152 e. The zero-order valence-electron chi connectivity index (χ0n) is 8.66. The first-order chi connectivity index (χ1) is 7.29. The summed E-state index contributed by atoms with van der Waals surface area (Å²) in [5.74, 6) is 0. The van der Waals surface area contributed by atoms with Crippen LogP contribution in [0.3, 0.4) is 0 Å². The molecule has 0 aromatic heterocycles. The maximum absolute atomic E-state index is 10.8. The van der Waals surface area contributed by atoms with Crippen LogP contribution in [0.15, 0.2) is 24.3 Å². The molecule has 0 spiro atoms. The van der Waals surface area contributed by atoms with Crippen molar-refractivity contribution in [3.8, 4) is 0 Å². The molecule has 3 heteroatoms. The highest BCUT2D eigenvalue weighted by Gasteiger charge is 2.01. The zero-order chi connectivity index (χ0) is 11.1. The second kappa shape index (κ2) is 6.38. The number of hydrogen-bond donors (Lipinski definition) is 1. The molecule has 0 aliphatic rings. The second-order valence-electron chi connectivity index (χ2n) is 3.16.